The zero-order chi connectivity index (χ0) is 17.6. The molecule has 2 saturated heterocycles. The van der Waals surface area contributed by atoms with Crippen LogP contribution in [0.25, 0.3) is 11.0 Å². The summed E-state index contributed by atoms with van der Waals surface area (Å²) in [6.07, 6.45) is 4.50. The number of nitrogens with zero attached hydrogens (tertiary/aromatic N) is 5. The number of hydrogen-bond donors (Lipinski definition) is 1. The van der Waals surface area contributed by atoms with Gasteiger partial charge in [0.1, 0.15) is 11.6 Å². The van der Waals surface area contributed by atoms with E-state index >= 15 is 0 Å². The Bertz CT molecular complexity index is 796. The number of aryl methyl sites for hydroxylation is 2. The van der Waals surface area contributed by atoms with Gasteiger partial charge in [0.2, 0.25) is 5.91 Å². The molecule has 2 fully saturated rings. The Morgan fingerprint density at radius 2 is 2.04 bits per heavy atom. The first-order chi connectivity index (χ1) is 12.0. The number of piperidine rings is 1. The largest absolute Gasteiger partial charge is 0.377 e. The summed E-state index contributed by atoms with van der Waals surface area (Å²) in [4.78, 5) is 23.1. The fourth-order valence-electron chi connectivity index (χ4n) is 4.17. The number of nitrogens with two attached hydrogens (primary N) is 1. The molecule has 4 rings (SSSR count). The van der Waals surface area contributed by atoms with Crippen LogP contribution in [0.4, 0.5) is 5.82 Å². The van der Waals surface area contributed by atoms with Gasteiger partial charge < -0.3 is 15.4 Å². The molecular formula is C17H24N6O2. The zero-order valence-electron chi connectivity index (χ0n) is 14.7. The van der Waals surface area contributed by atoms with Crippen LogP contribution in [0, 0.1) is 18.8 Å². The van der Waals surface area contributed by atoms with Crippen LogP contribution < -0.4 is 10.6 Å². The highest BCUT2D eigenvalue weighted by atomic mass is 16.5. The van der Waals surface area contributed by atoms with Crippen LogP contribution in [0.15, 0.2) is 6.20 Å². The molecule has 0 unspecified atom stereocenters. The van der Waals surface area contributed by atoms with Crippen molar-refractivity contribution >= 4 is 22.8 Å². The number of aromatic nitrogens is 4. The topological polar surface area (TPSA) is 99.2 Å². The highest BCUT2D eigenvalue weighted by Gasteiger charge is 2.39. The van der Waals surface area contributed by atoms with E-state index in [4.69, 9.17) is 10.5 Å². The van der Waals surface area contributed by atoms with E-state index in [2.05, 4.69) is 20.0 Å². The summed E-state index contributed by atoms with van der Waals surface area (Å²) in [6.45, 7) is 4.32. The number of anilines is 1. The smallest absolute Gasteiger partial charge is 0.223 e. The van der Waals surface area contributed by atoms with Crippen molar-refractivity contribution in [2.24, 2.45) is 24.6 Å². The molecule has 134 valence electrons. The average Bonchev–Trinajstić information content (AvgIpc) is 3.22. The van der Waals surface area contributed by atoms with Crippen molar-refractivity contribution in [1.82, 2.24) is 19.7 Å². The molecule has 8 nitrogen and oxygen atoms in total. The molecule has 2 aliphatic heterocycles. The van der Waals surface area contributed by atoms with Crippen LogP contribution >= 0.6 is 0 Å². The molecule has 1 amide bonds. The van der Waals surface area contributed by atoms with E-state index in [1.165, 1.54) is 0 Å². The monoisotopic (exact) mass is 344 g/mol. The Labute approximate surface area is 146 Å². The highest BCUT2D eigenvalue weighted by Crippen LogP contribution is 2.35. The second kappa shape index (κ2) is 6.25. The molecule has 0 spiro atoms. The van der Waals surface area contributed by atoms with Gasteiger partial charge in [-0.2, -0.15) is 5.10 Å². The lowest BCUT2D eigenvalue weighted by atomic mass is 9.84. The molecule has 0 aromatic carbocycles. The second-order valence-electron chi connectivity index (χ2n) is 7.06. The first-order valence-corrected chi connectivity index (χ1v) is 8.87. The molecule has 25 heavy (non-hydrogen) atoms. The Kier molecular flexibility index (Phi) is 4.07. The standard InChI is InChI=1S/C17H24N6O2/c1-10-20-16-13(9-19-22(16)2)17(21-10)23-6-3-11(4-7-23)14-12(15(18)24)5-8-25-14/h9,11-12,14H,3-8H2,1-2H3,(H2,18,24)/t12-,14+/m0/s1. The van der Waals surface area contributed by atoms with E-state index in [1.54, 1.807) is 4.68 Å². The molecule has 2 atom stereocenters. The maximum Gasteiger partial charge on any atom is 0.223 e. The van der Waals surface area contributed by atoms with E-state index in [0.717, 1.165) is 55.0 Å². The minimum atomic E-state index is -0.228. The number of ether oxygens (including phenoxy) is 1. The van der Waals surface area contributed by atoms with Crippen LogP contribution in [0.2, 0.25) is 0 Å². The fraction of sp³-hybridized carbons (Fsp3) is 0.647. The summed E-state index contributed by atoms with van der Waals surface area (Å²) < 4.78 is 7.62. The average molecular weight is 344 g/mol. The minimum Gasteiger partial charge on any atom is -0.377 e. The molecule has 2 aliphatic rings. The van der Waals surface area contributed by atoms with Gasteiger partial charge in [-0.15, -0.1) is 0 Å². The predicted octanol–water partition coefficient (Wildman–Crippen LogP) is 0.779. The Morgan fingerprint density at radius 1 is 1.28 bits per heavy atom. The van der Waals surface area contributed by atoms with E-state index in [1.807, 2.05) is 20.2 Å². The molecule has 2 aromatic heterocycles. The van der Waals surface area contributed by atoms with Crippen LogP contribution in [0.1, 0.15) is 25.1 Å². The van der Waals surface area contributed by atoms with Crippen molar-refractivity contribution < 1.29 is 9.53 Å². The van der Waals surface area contributed by atoms with Crippen molar-refractivity contribution in [3.05, 3.63) is 12.0 Å². The summed E-state index contributed by atoms with van der Waals surface area (Å²) in [6, 6.07) is 0. The normalized spacial score (nSPS) is 25.0. The van der Waals surface area contributed by atoms with Crippen molar-refractivity contribution in [2.45, 2.75) is 32.3 Å². The van der Waals surface area contributed by atoms with Gasteiger partial charge in [-0.05, 0) is 32.1 Å². The van der Waals surface area contributed by atoms with Crippen molar-refractivity contribution in [3.63, 3.8) is 0 Å². The number of rotatable bonds is 3. The molecule has 0 radical (unpaired) electrons. The van der Waals surface area contributed by atoms with Crippen LogP contribution in [-0.4, -0.2) is 51.5 Å². The first-order valence-electron chi connectivity index (χ1n) is 8.87. The number of carbonyl (C=O) groups excluding carboxylic acids is 1. The third kappa shape index (κ3) is 2.84. The molecule has 0 aliphatic carbocycles. The molecule has 8 heteroatoms. The maximum absolute atomic E-state index is 11.6. The summed E-state index contributed by atoms with van der Waals surface area (Å²) in [7, 11) is 1.90. The highest BCUT2D eigenvalue weighted by molar-refractivity contribution is 5.87. The lowest BCUT2D eigenvalue weighted by molar-refractivity contribution is -0.124. The number of primary amides is 1. The second-order valence-corrected chi connectivity index (χ2v) is 7.06. The van der Waals surface area contributed by atoms with Crippen molar-refractivity contribution in [2.75, 3.05) is 24.6 Å². The van der Waals surface area contributed by atoms with E-state index in [0.29, 0.717) is 12.5 Å². The Balaban J connectivity index is 1.52. The van der Waals surface area contributed by atoms with Gasteiger partial charge in [0.05, 0.1) is 23.6 Å². The summed E-state index contributed by atoms with van der Waals surface area (Å²) in [5.74, 6) is 1.72. The van der Waals surface area contributed by atoms with Crippen LogP contribution in [0.5, 0.6) is 0 Å². The SMILES string of the molecule is Cc1nc(N2CCC([C@H]3OCC[C@@H]3C(N)=O)CC2)c2cnn(C)c2n1. The van der Waals surface area contributed by atoms with Crippen molar-refractivity contribution in [1.29, 1.82) is 0 Å². The van der Waals surface area contributed by atoms with Gasteiger partial charge in [-0.1, -0.05) is 0 Å². The fourth-order valence-corrected chi connectivity index (χ4v) is 4.17. The third-order valence-electron chi connectivity index (χ3n) is 5.49. The van der Waals surface area contributed by atoms with Gasteiger partial charge in [0.15, 0.2) is 5.65 Å². The number of fused-ring (bicyclic) bond motifs is 1. The zero-order valence-corrected chi connectivity index (χ0v) is 14.7. The molecule has 2 aromatic rings. The number of hydrogen-bond acceptors (Lipinski definition) is 6. The molecule has 4 heterocycles. The van der Waals surface area contributed by atoms with Gasteiger partial charge in [0.25, 0.3) is 0 Å². The van der Waals surface area contributed by atoms with Crippen LogP contribution in [0.3, 0.4) is 0 Å². The van der Waals surface area contributed by atoms with Gasteiger partial charge >= 0.3 is 0 Å². The molecule has 0 saturated carbocycles. The molecular weight excluding hydrogens is 320 g/mol. The van der Waals surface area contributed by atoms with E-state index in [9.17, 15) is 4.79 Å². The van der Waals surface area contributed by atoms with E-state index in [-0.39, 0.29) is 17.9 Å². The predicted molar refractivity (Wildman–Crippen MR) is 93.0 cm³/mol. The number of carbonyl (C=O) groups is 1. The summed E-state index contributed by atoms with van der Waals surface area (Å²) in [5, 5.41) is 5.30. The lowest BCUT2D eigenvalue weighted by Crippen LogP contribution is -2.42. The van der Waals surface area contributed by atoms with Gasteiger partial charge in [-0.25, -0.2) is 9.97 Å². The Hall–Kier alpha value is -2.22. The maximum atomic E-state index is 11.6. The third-order valence-corrected chi connectivity index (χ3v) is 5.49. The minimum absolute atomic E-state index is 0.0230. The van der Waals surface area contributed by atoms with Gasteiger partial charge in [-0.3, -0.25) is 9.48 Å². The Morgan fingerprint density at radius 3 is 2.76 bits per heavy atom. The number of amides is 1. The van der Waals surface area contributed by atoms with Crippen molar-refractivity contribution in [3.8, 4) is 0 Å². The van der Waals surface area contributed by atoms with E-state index < -0.39 is 0 Å². The molecule has 2 N–H and O–H groups in total. The van der Waals surface area contributed by atoms with Crippen LogP contribution in [-0.2, 0) is 16.6 Å². The molecule has 0 bridgehead atoms. The summed E-state index contributed by atoms with van der Waals surface area (Å²) in [5.41, 5.74) is 6.40. The first kappa shape index (κ1) is 16.3. The lowest BCUT2D eigenvalue weighted by Gasteiger charge is -2.36. The quantitative estimate of drug-likeness (QED) is 0.883. The van der Waals surface area contributed by atoms with Gasteiger partial charge in [0, 0.05) is 26.7 Å². The summed E-state index contributed by atoms with van der Waals surface area (Å²) >= 11 is 0.